The van der Waals surface area contributed by atoms with Crippen molar-refractivity contribution in [1.82, 2.24) is 10.2 Å². The molecule has 1 amide bonds. The molecule has 1 aromatic carbocycles. The summed E-state index contributed by atoms with van der Waals surface area (Å²) < 4.78 is 0. The highest BCUT2D eigenvalue weighted by atomic mass is 16.4. The zero-order chi connectivity index (χ0) is 15.8. The van der Waals surface area contributed by atoms with Crippen LogP contribution in [0.3, 0.4) is 0 Å². The number of nitrogens with one attached hydrogen (secondary N) is 1. The zero-order valence-electron chi connectivity index (χ0n) is 13.6. The second kappa shape index (κ2) is 8.67. The summed E-state index contributed by atoms with van der Waals surface area (Å²) in [7, 11) is 0. The Labute approximate surface area is 128 Å². The van der Waals surface area contributed by atoms with E-state index in [1.165, 1.54) is 10.5 Å². The summed E-state index contributed by atoms with van der Waals surface area (Å²) in [5.41, 5.74) is 2.25. The highest BCUT2D eigenvalue weighted by Gasteiger charge is 2.15. The molecule has 0 aromatic heterocycles. The molecule has 4 nitrogen and oxygen atoms in total. The van der Waals surface area contributed by atoms with E-state index >= 15 is 0 Å². The number of carbonyl (C=O) groups is 1. The monoisotopic (exact) mass is 292 g/mol. The Morgan fingerprint density at radius 1 is 1.14 bits per heavy atom. The second-order valence-electron chi connectivity index (χ2n) is 6.35. The van der Waals surface area contributed by atoms with Gasteiger partial charge in [0.2, 0.25) is 0 Å². The molecule has 0 unspecified atom stereocenters. The molecule has 0 saturated carbocycles. The fourth-order valence-electron chi connectivity index (χ4n) is 2.24. The van der Waals surface area contributed by atoms with Crippen molar-refractivity contribution in [2.75, 3.05) is 13.1 Å². The summed E-state index contributed by atoms with van der Waals surface area (Å²) in [5, 5.41) is 12.8. The lowest BCUT2D eigenvalue weighted by Gasteiger charge is -2.23. The summed E-state index contributed by atoms with van der Waals surface area (Å²) in [6, 6.07) is 8.06. The minimum absolute atomic E-state index is 0.326. The third kappa shape index (κ3) is 6.63. The Morgan fingerprint density at radius 3 is 2.29 bits per heavy atom. The fourth-order valence-corrected chi connectivity index (χ4v) is 2.24. The first-order chi connectivity index (χ1) is 9.90. The zero-order valence-corrected chi connectivity index (χ0v) is 13.6. The van der Waals surface area contributed by atoms with E-state index < -0.39 is 6.09 Å². The van der Waals surface area contributed by atoms with Gasteiger partial charge in [0, 0.05) is 19.6 Å². The van der Waals surface area contributed by atoms with Crippen molar-refractivity contribution in [2.45, 2.75) is 40.8 Å². The molecule has 2 N–H and O–H groups in total. The van der Waals surface area contributed by atoms with E-state index in [-0.39, 0.29) is 0 Å². The molecule has 0 heterocycles. The lowest BCUT2D eigenvalue weighted by atomic mass is 10.1. The van der Waals surface area contributed by atoms with Crippen LogP contribution in [-0.2, 0) is 13.1 Å². The van der Waals surface area contributed by atoms with E-state index in [2.05, 4.69) is 25.2 Å². The summed E-state index contributed by atoms with van der Waals surface area (Å²) in [6.07, 6.45) is -0.853. The van der Waals surface area contributed by atoms with Crippen molar-refractivity contribution >= 4 is 6.09 Å². The van der Waals surface area contributed by atoms with E-state index in [9.17, 15) is 9.90 Å². The van der Waals surface area contributed by atoms with E-state index in [0.29, 0.717) is 24.9 Å². The lowest BCUT2D eigenvalue weighted by Crippen LogP contribution is -2.33. The predicted molar refractivity (Wildman–Crippen MR) is 86.3 cm³/mol. The summed E-state index contributed by atoms with van der Waals surface area (Å²) in [5.74, 6) is 0.931. The Bertz CT molecular complexity index is 444. The maximum atomic E-state index is 11.4. The molecule has 1 aromatic rings. The van der Waals surface area contributed by atoms with Crippen LogP contribution in [0.15, 0.2) is 24.3 Å². The maximum Gasteiger partial charge on any atom is 0.407 e. The first kappa shape index (κ1) is 17.5. The predicted octanol–water partition coefficient (Wildman–Crippen LogP) is 3.57. The first-order valence-corrected chi connectivity index (χ1v) is 7.65. The van der Waals surface area contributed by atoms with Crippen molar-refractivity contribution in [3.05, 3.63) is 35.4 Å². The molecule has 0 aliphatic heterocycles. The second-order valence-corrected chi connectivity index (χ2v) is 6.35. The summed E-state index contributed by atoms with van der Waals surface area (Å²) in [6.45, 7) is 11.2. The molecule has 0 atom stereocenters. The van der Waals surface area contributed by atoms with Gasteiger partial charge in [0.25, 0.3) is 0 Å². The number of benzene rings is 1. The van der Waals surface area contributed by atoms with Gasteiger partial charge in [-0.1, -0.05) is 52.0 Å². The quantitative estimate of drug-likeness (QED) is 0.770. The standard InChI is InChI=1S/C17H28N2O2/c1-13(2)9-18-10-15-7-5-6-8-16(15)12-19(17(20)21)11-14(3)4/h5-8,13-14,18H,9-12H2,1-4H3,(H,20,21). The van der Waals surface area contributed by atoms with Gasteiger partial charge < -0.3 is 15.3 Å². The molecule has 21 heavy (non-hydrogen) atoms. The van der Waals surface area contributed by atoms with Gasteiger partial charge in [-0.05, 0) is 29.5 Å². The van der Waals surface area contributed by atoms with Gasteiger partial charge in [-0.3, -0.25) is 0 Å². The molecule has 0 saturated heterocycles. The minimum atomic E-state index is -0.853. The molecular weight excluding hydrogens is 264 g/mol. The van der Waals surface area contributed by atoms with Crippen LogP contribution in [0, 0.1) is 11.8 Å². The molecule has 0 aliphatic carbocycles. The van der Waals surface area contributed by atoms with Crippen LogP contribution in [0.1, 0.15) is 38.8 Å². The molecule has 118 valence electrons. The molecule has 0 bridgehead atoms. The molecule has 0 fully saturated rings. The number of hydrogen-bond donors (Lipinski definition) is 2. The highest BCUT2D eigenvalue weighted by molar-refractivity contribution is 5.65. The van der Waals surface area contributed by atoms with Crippen molar-refractivity contribution in [2.24, 2.45) is 11.8 Å². The molecule has 0 aliphatic rings. The smallest absolute Gasteiger partial charge is 0.407 e. The van der Waals surface area contributed by atoms with E-state index in [1.807, 2.05) is 32.0 Å². The molecular formula is C17H28N2O2. The Kier molecular flexibility index (Phi) is 7.23. The van der Waals surface area contributed by atoms with Gasteiger partial charge in [-0.25, -0.2) is 4.79 Å². The van der Waals surface area contributed by atoms with E-state index in [4.69, 9.17) is 0 Å². The van der Waals surface area contributed by atoms with Crippen molar-refractivity contribution in [1.29, 1.82) is 0 Å². The van der Waals surface area contributed by atoms with E-state index in [1.54, 1.807) is 0 Å². The van der Waals surface area contributed by atoms with Gasteiger partial charge in [0.15, 0.2) is 0 Å². The average Bonchev–Trinajstić information content (AvgIpc) is 2.38. The van der Waals surface area contributed by atoms with Crippen molar-refractivity contribution in [3.63, 3.8) is 0 Å². The summed E-state index contributed by atoms with van der Waals surface area (Å²) in [4.78, 5) is 12.9. The van der Waals surface area contributed by atoms with Gasteiger partial charge in [-0.15, -0.1) is 0 Å². The van der Waals surface area contributed by atoms with Crippen LogP contribution < -0.4 is 5.32 Å². The molecule has 0 spiro atoms. The van der Waals surface area contributed by atoms with Crippen LogP contribution in [0.25, 0.3) is 0 Å². The van der Waals surface area contributed by atoms with Gasteiger partial charge >= 0.3 is 6.09 Å². The largest absolute Gasteiger partial charge is 0.465 e. The Balaban J connectivity index is 2.74. The molecule has 1 rings (SSSR count). The van der Waals surface area contributed by atoms with Crippen LogP contribution in [0.2, 0.25) is 0 Å². The van der Waals surface area contributed by atoms with Gasteiger partial charge in [-0.2, -0.15) is 0 Å². The van der Waals surface area contributed by atoms with Crippen LogP contribution in [0.5, 0.6) is 0 Å². The van der Waals surface area contributed by atoms with Crippen molar-refractivity contribution < 1.29 is 9.90 Å². The minimum Gasteiger partial charge on any atom is -0.465 e. The Hall–Kier alpha value is -1.55. The number of amides is 1. The fraction of sp³-hybridized carbons (Fsp3) is 0.588. The van der Waals surface area contributed by atoms with Crippen LogP contribution >= 0.6 is 0 Å². The maximum absolute atomic E-state index is 11.4. The average molecular weight is 292 g/mol. The normalized spacial score (nSPS) is 11.1. The van der Waals surface area contributed by atoms with Gasteiger partial charge in [0.05, 0.1) is 0 Å². The first-order valence-electron chi connectivity index (χ1n) is 7.65. The Morgan fingerprint density at radius 2 is 1.76 bits per heavy atom. The molecule has 0 radical (unpaired) electrons. The number of nitrogens with zero attached hydrogens (tertiary/aromatic N) is 1. The highest BCUT2D eigenvalue weighted by Crippen LogP contribution is 2.13. The third-order valence-electron chi connectivity index (χ3n) is 3.20. The SMILES string of the molecule is CC(C)CNCc1ccccc1CN(CC(C)C)C(=O)O. The van der Waals surface area contributed by atoms with Crippen LogP contribution in [0.4, 0.5) is 4.79 Å². The number of hydrogen-bond acceptors (Lipinski definition) is 2. The third-order valence-corrected chi connectivity index (χ3v) is 3.20. The molecule has 4 heteroatoms. The van der Waals surface area contributed by atoms with Crippen molar-refractivity contribution in [3.8, 4) is 0 Å². The lowest BCUT2D eigenvalue weighted by molar-refractivity contribution is 0.136. The summed E-state index contributed by atoms with van der Waals surface area (Å²) >= 11 is 0. The topological polar surface area (TPSA) is 52.6 Å². The van der Waals surface area contributed by atoms with Crippen LogP contribution in [-0.4, -0.2) is 29.2 Å². The van der Waals surface area contributed by atoms with E-state index in [0.717, 1.165) is 18.7 Å². The van der Waals surface area contributed by atoms with Gasteiger partial charge in [0.1, 0.15) is 0 Å². The number of carboxylic acid groups (broad SMARTS) is 1. The number of rotatable bonds is 8.